The molecule has 0 spiro atoms. The van der Waals surface area contributed by atoms with Crippen molar-refractivity contribution in [3.8, 4) is 0 Å². The molecule has 3 nitrogen and oxygen atoms in total. The van der Waals surface area contributed by atoms with E-state index in [1.807, 2.05) is 0 Å². The highest BCUT2D eigenvalue weighted by molar-refractivity contribution is 9.10. The second-order valence-corrected chi connectivity index (χ2v) is 5.66. The Balaban J connectivity index is 1.90. The predicted molar refractivity (Wildman–Crippen MR) is 69.2 cm³/mol. The fourth-order valence-electron chi connectivity index (χ4n) is 2.61. The lowest BCUT2D eigenvalue weighted by atomic mass is 9.72. The molecule has 1 N–H and O–H groups in total. The van der Waals surface area contributed by atoms with Crippen molar-refractivity contribution in [3.63, 3.8) is 0 Å². The van der Waals surface area contributed by atoms with Crippen molar-refractivity contribution in [2.45, 2.75) is 11.5 Å². The van der Waals surface area contributed by atoms with Gasteiger partial charge in [-0.25, -0.2) is 0 Å². The number of benzene rings is 1. The molecular formula is C13H16BrNO2. The van der Waals surface area contributed by atoms with Gasteiger partial charge in [0.15, 0.2) is 0 Å². The molecule has 2 fully saturated rings. The van der Waals surface area contributed by atoms with Gasteiger partial charge < -0.3 is 14.8 Å². The Morgan fingerprint density at radius 2 is 2.18 bits per heavy atom. The highest BCUT2D eigenvalue weighted by Gasteiger charge is 2.47. The molecule has 3 rings (SSSR count). The van der Waals surface area contributed by atoms with Crippen LogP contribution in [0.15, 0.2) is 28.7 Å². The first kappa shape index (κ1) is 11.7. The van der Waals surface area contributed by atoms with E-state index in [0.29, 0.717) is 6.04 Å². The summed E-state index contributed by atoms with van der Waals surface area (Å²) < 4.78 is 12.2. The van der Waals surface area contributed by atoms with E-state index in [4.69, 9.17) is 9.47 Å². The molecule has 2 aliphatic heterocycles. The second-order valence-electron chi connectivity index (χ2n) is 4.74. The predicted octanol–water partition coefficient (Wildman–Crippen LogP) is 1.71. The van der Waals surface area contributed by atoms with E-state index in [1.165, 1.54) is 5.56 Å². The van der Waals surface area contributed by atoms with Crippen LogP contribution in [0.25, 0.3) is 0 Å². The second kappa shape index (κ2) is 4.69. The van der Waals surface area contributed by atoms with Crippen LogP contribution in [0.4, 0.5) is 0 Å². The Morgan fingerprint density at radius 3 is 2.76 bits per heavy atom. The Labute approximate surface area is 110 Å². The van der Waals surface area contributed by atoms with Gasteiger partial charge in [0.1, 0.15) is 0 Å². The standard InChI is InChI=1S/C13H16BrNO2/c14-11-3-1-2-10(6-11)13(8-17-9-13)12-7-16-5-4-15-12/h1-3,6,12,15H,4-5,7-9H2. The van der Waals surface area contributed by atoms with Gasteiger partial charge in [-0.1, -0.05) is 28.1 Å². The molecule has 17 heavy (non-hydrogen) atoms. The first-order valence-corrected chi connectivity index (χ1v) is 6.75. The lowest BCUT2D eigenvalue weighted by Crippen LogP contribution is -2.63. The summed E-state index contributed by atoms with van der Waals surface area (Å²) in [5.74, 6) is 0. The number of ether oxygens (including phenoxy) is 2. The quantitative estimate of drug-likeness (QED) is 0.901. The SMILES string of the molecule is Brc1cccc(C2(C3COCCN3)COC2)c1. The molecule has 2 saturated heterocycles. The highest BCUT2D eigenvalue weighted by atomic mass is 79.9. The molecule has 0 amide bonds. The normalized spacial score (nSPS) is 27.5. The van der Waals surface area contributed by atoms with Crippen LogP contribution in [0.1, 0.15) is 5.56 Å². The largest absolute Gasteiger partial charge is 0.379 e. The molecule has 1 unspecified atom stereocenters. The van der Waals surface area contributed by atoms with Gasteiger partial charge in [0.25, 0.3) is 0 Å². The van der Waals surface area contributed by atoms with Crippen LogP contribution in [0, 0.1) is 0 Å². The smallest absolute Gasteiger partial charge is 0.0630 e. The summed E-state index contributed by atoms with van der Waals surface area (Å²) in [7, 11) is 0. The van der Waals surface area contributed by atoms with Crippen LogP contribution < -0.4 is 5.32 Å². The molecule has 92 valence electrons. The molecular weight excluding hydrogens is 282 g/mol. The minimum Gasteiger partial charge on any atom is -0.379 e. The Morgan fingerprint density at radius 1 is 1.29 bits per heavy atom. The van der Waals surface area contributed by atoms with E-state index in [1.54, 1.807) is 0 Å². The Hall–Kier alpha value is -0.420. The van der Waals surface area contributed by atoms with E-state index in [-0.39, 0.29) is 5.41 Å². The zero-order valence-corrected chi connectivity index (χ0v) is 11.2. The summed E-state index contributed by atoms with van der Waals surface area (Å²) in [6, 6.07) is 8.88. The van der Waals surface area contributed by atoms with Crippen molar-refractivity contribution in [2.75, 3.05) is 33.0 Å². The first-order chi connectivity index (χ1) is 8.31. The van der Waals surface area contributed by atoms with Crippen LogP contribution in [-0.4, -0.2) is 39.0 Å². The molecule has 0 radical (unpaired) electrons. The van der Waals surface area contributed by atoms with Crippen molar-refractivity contribution in [2.24, 2.45) is 0 Å². The fraction of sp³-hybridized carbons (Fsp3) is 0.538. The Bertz CT molecular complexity index is 400. The van der Waals surface area contributed by atoms with Crippen molar-refractivity contribution < 1.29 is 9.47 Å². The topological polar surface area (TPSA) is 30.5 Å². The molecule has 0 aliphatic carbocycles. The van der Waals surface area contributed by atoms with Gasteiger partial charge in [-0.2, -0.15) is 0 Å². The van der Waals surface area contributed by atoms with Gasteiger partial charge >= 0.3 is 0 Å². The molecule has 1 aromatic rings. The van der Waals surface area contributed by atoms with Crippen LogP contribution >= 0.6 is 15.9 Å². The summed E-state index contributed by atoms with van der Waals surface area (Å²) in [5.41, 5.74) is 1.42. The highest BCUT2D eigenvalue weighted by Crippen LogP contribution is 2.37. The summed E-state index contributed by atoms with van der Waals surface area (Å²) in [6.45, 7) is 4.08. The summed E-state index contributed by atoms with van der Waals surface area (Å²) in [4.78, 5) is 0. The van der Waals surface area contributed by atoms with Gasteiger partial charge in [-0.3, -0.25) is 0 Å². The molecule has 1 aromatic carbocycles. The summed E-state index contributed by atoms with van der Waals surface area (Å²) >= 11 is 3.54. The molecule has 0 aromatic heterocycles. The molecule has 2 aliphatic rings. The van der Waals surface area contributed by atoms with Crippen molar-refractivity contribution in [1.29, 1.82) is 0 Å². The third-order valence-electron chi connectivity index (χ3n) is 3.71. The number of hydrogen-bond acceptors (Lipinski definition) is 3. The third-order valence-corrected chi connectivity index (χ3v) is 4.20. The third kappa shape index (κ3) is 2.03. The van der Waals surface area contributed by atoms with E-state index >= 15 is 0 Å². The van der Waals surface area contributed by atoms with Crippen molar-refractivity contribution in [1.82, 2.24) is 5.32 Å². The van der Waals surface area contributed by atoms with E-state index in [2.05, 4.69) is 45.5 Å². The minimum absolute atomic E-state index is 0.0875. The average molecular weight is 298 g/mol. The van der Waals surface area contributed by atoms with Gasteiger partial charge in [-0.05, 0) is 17.7 Å². The number of halogens is 1. The van der Waals surface area contributed by atoms with Crippen molar-refractivity contribution >= 4 is 15.9 Å². The number of morpholine rings is 1. The summed E-state index contributed by atoms with van der Waals surface area (Å²) in [5, 5.41) is 3.56. The van der Waals surface area contributed by atoms with Crippen LogP contribution in [0.3, 0.4) is 0 Å². The summed E-state index contributed by atoms with van der Waals surface area (Å²) in [6.07, 6.45) is 0. The average Bonchev–Trinajstić information content (AvgIpc) is 2.29. The molecule has 0 bridgehead atoms. The lowest BCUT2D eigenvalue weighted by Gasteiger charge is -2.49. The first-order valence-electron chi connectivity index (χ1n) is 5.96. The van der Waals surface area contributed by atoms with Crippen LogP contribution in [0.5, 0.6) is 0 Å². The monoisotopic (exact) mass is 297 g/mol. The zero-order chi connectivity index (χ0) is 11.7. The fourth-order valence-corrected chi connectivity index (χ4v) is 3.01. The maximum absolute atomic E-state index is 5.59. The molecule has 1 atom stereocenters. The van der Waals surface area contributed by atoms with Crippen LogP contribution in [-0.2, 0) is 14.9 Å². The van der Waals surface area contributed by atoms with Crippen LogP contribution in [0.2, 0.25) is 0 Å². The number of nitrogens with one attached hydrogen (secondary N) is 1. The molecule has 4 heteroatoms. The minimum atomic E-state index is 0.0875. The maximum atomic E-state index is 5.59. The van der Waals surface area contributed by atoms with E-state index < -0.39 is 0 Å². The van der Waals surface area contributed by atoms with Gasteiger partial charge in [0, 0.05) is 17.1 Å². The molecule has 2 heterocycles. The van der Waals surface area contributed by atoms with Crippen molar-refractivity contribution in [3.05, 3.63) is 34.3 Å². The number of rotatable bonds is 2. The zero-order valence-electron chi connectivity index (χ0n) is 9.62. The van der Waals surface area contributed by atoms with Gasteiger partial charge in [0.2, 0.25) is 0 Å². The van der Waals surface area contributed by atoms with E-state index in [9.17, 15) is 0 Å². The van der Waals surface area contributed by atoms with Gasteiger partial charge in [-0.15, -0.1) is 0 Å². The van der Waals surface area contributed by atoms with Gasteiger partial charge in [0.05, 0.1) is 31.8 Å². The molecule has 0 saturated carbocycles. The van der Waals surface area contributed by atoms with E-state index in [0.717, 1.165) is 37.4 Å². The Kier molecular flexibility index (Phi) is 3.21. The maximum Gasteiger partial charge on any atom is 0.0630 e. The number of hydrogen-bond donors (Lipinski definition) is 1. The lowest BCUT2D eigenvalue weighted by molar-refractivity contribution is -0.101.